The summed E-state index contributed by atoms with van der Waals surface area (Å²) in [6.07, 6.45) is 3.30. The van der Waals surface area contributed by atoms with Crippen molar-refractivity contribution in [3.8, 4) is 0 Å². The van der Waals surface area contributed by atoms with Gasteiger partial charge >= 0.3 is 18.0 Å². The predicted octanol–water partition coefficient (Wildman–Crippen LogP) is 1.07. The fraction of sp³-hybridized carbons (Fsp3) is 0.500. The summed E-state index contributed by atoms with van der Waals surface area (Å²) in [4.78, 5) is 38.5. The largest absolute Gasteiger partial charge is 0.481 e. The summed E-state index contributed by atoms with van der Waals surface area (Å²) in [5, 5.41) is 22.4. The van der Waals surface area contributed by atoms with E-state index in [1.165, 1.54) is 11.3 Å². The van der Waals surface area contributed by atoms with Crippen molar-refractivity contribution in [3.63, 3.8) is 0 Å². The van der Waals surface area contributed by atoms with Crippen LogP contribution in [0.15, 0.2) is 0 Å². The molecule has 1 aliphatic rings. The molecule has 2 rings (SSSR count). The van der Waals surface area contributed by atoms with E-state index in [4.69, 9.17) is 10.2 Å². The fourth-order valence-corrected chi connectivity index (χ4v) is 3.12. The van der Waals surface area contributed by atoms with Crippen LogP contribution in [-0.4, -0.2) is 39.2 Å². The van der Waals surface area contributed by atoms with Crippen molar-refractivity contribution in [2.75, 3.05) is 5.32 Å². The number of aromatic nitrogens is 1. The predicted molar refractivity (Wildman–Crippen MR) is 74.6 cm³/mol. The van der Waals surface area contributed by atoms with Gasteiger partial charge in [0.05, 0.1) is 12.1 Å². The molecule has 0 aromatic carbocycles. The van der Waals surface area contributed by atoms with Gasteiger partial charge in [0.1, 0.15) is 6.04 Å². The van der Waals surface area contributed by atoms with Crippen molar-refractivity contribution in [2.24, 2.45) is 0 Å². The highest BCUT2D eigenvalue weighted by Gasteiger charge is 2.24. The van der Waals surface area contributed by atoms with Crippen molar-refractivity contribution in [2.45, 2.75) is 38.1 Å². The number of carboxylic acid groups (broad SMARTS) is 2. The van der Waals surface area contributed by atoms with E-state index < -0.39 is 30.4 Å². The van der Waals surface area contributed by atoms with Gasteiger partial charge in [0.2, 0.25) is 0 Å². The van der Waals surface area contributed by atoms with Crippen LogP contribution in [0.1, 0.15) is 29.8 Å². The Balaban J connectivity index is 1.95. The number of aliphatic carboxylic acids is 2. The maximum Gasteiger partial charge on any atom is 0.326 e. The number of nitrogens with one attached hydrogen (secondary N) is 2. The lowest BCUT2D eigenvalue weighted by Gasteiger charge is -2.12. The zero-order valence-electron chi connectivity index (χ0n) is 11.1. The molecule has 8 nitrogen and oxygen atoms in total. The lowest BCUT2D eigenvalue weighted by molar-refractivity contribution is -0.145. The number of thiazole rings is 1. The number of urea groups is 1. The molecule has 21 heavy (non-hydrogen) atoms. The van der Waals surface area contributed by atoms with E-state index in [1.807, 2.05) is 0 Å². The van der Waals surface area contributed by atoms with Crippen LogP contribution >= 0.6 is 11.3 Å². The molecule has 1 aromatic rings. The summed E-state index contributed by atoms with van der Waals surface area (Å²) in [7, 11) is 0. The second kappa shape index (κ2) is 6.53. The Morgan fingerprint density at radius 1 is 1.24 bits per heavy atom. The molecule has 2 amide bonds. The normalized spacial score (nSPS) is 14.9. The van der Waals surface area contributed by atoms with Gasteiger partial charge in [0, 0.05) is 4.88 Å². The first-order chi connectivity index (χ1) is 9.95. The molecule has 1 atom stereocenters. The molecule has 1 heterocycles. The molecular formula is C12H15N3O5S. The summed E-state index contributed by atoms with van der Waals surface area (Å²) in [5.41, 5.74) is 0.974. The van der Waals surface area contributed by atoms with E-state index in [9.17, 15) is 14.4 Å². The SMILES string of the molecule is O=C(O)C[C@H](NC(=O)Nc1nc2c(s1)CCCC2)C(=O)O. The van der Waals surface area contributed by atoms with E-state index in [2.05, 4.69) is 15.6 Å². The van der Waals surface area contributed by atoms with E-state index in [-0.39, 0.29) is 0 Å². The molecule has 0 fully saturated rings. The number of carbonyl (C=O) groups excluding carboxylic acids is 1. The van der Waals surface area contributed by atoms with Crippen LogP contribution in [0.2, 0.25) is 0 Å². The van der Waals surface area contributed by atoms with Crippen molar-refractivity contribution < 1.29 is 24.6 Å². The van der Waals surface area contributed by atoms with Crippen molar-refractivity contribution in [1.29, 1.82) is 0 Å². The third-order valence-electron chi connectivity index (χ3n) is 3.05. The number of amides is 2. The summed E-state index contributed by atoms with van der Waals surface area (Å²) >= 11 is 1.37. The Morgan fingerprint density at radius 2 is 1.95 bits per heavy atom. The van der Waals surface area contributed by atoms with E-state index in [0.717, 1.165) is 36.3 Å². The summed E-state index contributed by atoms with van der Waals surface area (Å²) in [6, 6.07) is -2.24. The molecule has 0 bridgehead atoms. The van der Waals surface area contributed by atoms with E-state index in [0.29, 0.717) is 5.13 Å². The van der Waals surface area contributed by atoms with Crippen LogP contribution in [0.4, 0.5) is 9.93 Å². The van der Waals surface area contributed by atoms with Crippen LogP contribution in [0.5, 0.6) is 0 Å². The second-order valence-corrected chi connectivity index (χ2v) is 5.77. The fourth-order valence-electron chi connectivity index (χ4n) is 2.07. The summed E-state index contributed by atoms with van der Waals surface area (Å²) < 4.78 is 0. The Kier molecular flexibility index (Phi) is 4.73. The zero-order chi connectivity index (χ0) is 15.4. The third-order valence-corrected chi connectivity index (χ3v) is 4.12. The molecule has 0 saturated heterocycles. The van der Waals surface area contributed by atoms with Gasteiger partial charge in [-0.3, -0.25) is 10.1 Å². The number of carbonyl (C=O) groups is 3. The van der Waals surface area contributed by atoms with Gasteiger partial charge in [-0.1, -0.05) is 0 Å². The molecule has 1 aliphatic carbocycles. The van der Waals surface area contributed by atoms with Crippen molar-refractivity contribution >= 4 is 34.4 Å². The van der Waals surface area contributed by atoms with Gasteiger partial charge in [0.15, 0.2) is 5.13 Å². The topological polar surface area (TPSA) is 129 Å². The minimum Gasteiger partial charge on any atom is -0.481 e. The quantitative estimate of drug-likeness (QED) is 0.643. The third kappa shape index (κ3) is 4.15. The number of rotatable bonds is 5. The van der Waals surface area contributed by atoms with Crippen LogP contribution < -0.4 is 10.6 Å². The Morgan fingerprint density at radius 3 is 2.57 bits per heavy atom. The number of carboxylic acids is 2. The lowest BCUT2D eigenvalue weighted by atomic mass is 10.0. The molecule has 0 radical (unpaired) electrons. The molecule has 0 aliphatic heterocycles. The highest BCUT2D eigenvalue weighted by atomic mass is 32.1. The molecule has 114 valence electrons. The summed E-state index contributed by atoms with van der Waals surface area (Å²) in [5.74, 6) is -2.70. The highest BCUT2D eigenvalue weighted by molar-refractivity contribution is 7.15. The van der Waals surface area contributed by atoms with Gasteiger partial charge < -0.3 is 15.5 Å². The van der Waals surface area contributed by atoms with Crippen molar-refractivity contribution in [1.82, 2.24) is 10.3 Å². The maximum absolute atomic E-state index is 11.7. The smallest absolute Gasteiger partial charge is 0.326 e. The molecule has 4 N–H and O–H groups in total. The average Bonchev–Trinajstić information content (AvgIpc) is 2.79. The number of aryl methyl sites for hydroxylation is 2. The number of fused-ring (bicyclic) bond motifs is 1. The molecule has 9 heteroatoms. The first-order valence-corrected chi connectivity index (χ1v) is 7.28. The first kappa shape index (κ1) is 15.2. The number of anilines is 1. The van der Waals surface area contributed by atoms with Gasteiger partial charge in [-0.2, -0.15) is 0 Å². The minimum absolute atomic E-state index is 0.402. The molecule has 0 saturated carbocycles. The van der Waals surface area contributed by atoms with Crippen LogP contribution in [-0.2, 0) is 22.4 Å². The average molecular weight is 313 g/mol. The standard InChI is InChI=1S/C12H15N3O5S/c16-9(17)5-7(10(18)19)13-11(20)15-12-14-6-3-1-2-4-8(6)21-12/h7H,1-5H2,(H,16,17)(H,18,19)(H2,13,14,15,20)/t7-/m0/s1. The molecular weight excluding hydrogens is 298 g/mol. The lowest BCUT2D eigenvalue weighted by Crippen LogP contribution is -2.44. The van der Waals surface area contributed by atoms with Crippen molar-refractivity contribution in [3.05, 3.63) is 10.6 Å². The van der Waals surface area contributed by atoms with Gasteiger partial charge in [-0.05, 0) is 25.7 Å². The second-order valence-electron chi connectivity index (χ2n) is 4.68. The monoisotopic (exact) mass is 313 g/mol. The van der Waals surface area contributed by atoms with Crippen LogP contribution in [0.25, 0.3) is 0 Å². The summed E-state index contributed by atoms with van der Waals surface area (Å²) in [6.45, 7) is 0. The molecule has 0 spiro atoms. The van der Waals surface area contributed by atoms with E-state index in [1.54, 1.807) is 0 Å². The first-order valence-electron chi connectivity index (χ1n) is 6.46. The number of hydrogen-bond acceptors (Lipinski definition) is 5. The van der Waals surface area contributed by atoms with Gasteiger partial charge in [-0.15, -0.1) is 11.3 Å². The van der Waals surface area contributed by atoms with Crippen LogP contribution in [0, 0.1) is 0 Å². The highest BCUT2D eigenvalue weighted by Crippen LogP contribution is 2.29. The van der Waals surface area contributed by atoms with E-state index >= 15 is 0 Å². The Bertz CT molecular complexity index is 548. The van der Waals surface area contributed by atoms with Crippen LogP contribution in [0.3, 0.4) is 0 Å². The molecule has 1 aromatic heterocycles. The Hall–Kier alpha value is -2.16. The van der Waals surface area contributed by atoms with Gasteiger partial charge in [-0.25, -0.2) is 14.6 Å². The number of nitrogens with zero attached hydrogens (tertiary/aromatic N) is 1. The van der Waals surface area contributed by atoms with Gasteiger partial charge in [0.25, 0.3) is 0 Å². The molecule has 0 unspecified atom stereocenters. The Labute approximate surface area is 124 Å². The number of hydrogen-bond donors (Lipinski definition) is 4. The maximum atomic E-state index is 11.7. The minimum atomic E-state index is -1.47. The zero-order valence-corrected chi connectivity index (χ0v) is 11.9.